The second-order valence-corrected chi connectivity index (χ2v) is 6.47. The van der Waals surface area contributed by atoms with E-state index in [9.17, 15) is 13.6 Å². The van der Waals surface area contributed by atoms with Crippen LogP contribution in [-0.2, 0) is 11.2 Å². The summed E-state index contributed by atoms with van der Waals surface area (Å²) in [5.74, 6) is -0.837. The molecule has 8 heteroatoms. The van der Waals surface area contributed by atoms with E-state index in [0.29, 0.717) is 11.8 Å². The van der Waals surface area contributed by atoms with Gasteiger partial charge in [-0.25, -0.2) is 8.78 Å². The Bertz CT molecular complexity index is 796. The average molecular weight is 377 g/mol. The molecule has 1 saturated carbocycles. The molecule has 0 bridgehead atoms. The third-order valence-corrected chi connectivity index (χ3v) is 4.49. The van der Waals surface area contributed by atoms with Crippen molar-refractivity contribution in [3.05, 3.63) is 47.8 Å². The number of rotatable bonds is 6. The number of hydrogen-bond acceptors (Lipinski definition) is 5. The fourth-order valence-electron chi connectivity index (χ4n) is 3.10. The third kappa shape index (κ3) is 5.35. The molecule has 0 atom stereocenters. The Balaban J connectivity index is 1.45. The van der Waals surface area contributed by atoms with Crippen LogP contribution < -0.4 is 14.8 Å². The van der Waals surface area contributed by atoms with E-state index in [0.717, 1.165) is 37.8 Å². The number of carbonyl (C=O) groups is 1. The number of methoxy groups -OCH3 is 1. The lowest BCUT2D eigenvalue weighted by Gasteiger charge is -2.29. The molecule has 1 aromatic heterocycles. The molecule has 0 radical (unpaired) electrons. The van der Waals surface area contributed by atoms with Crippen molar-refractivity contribution in [1.82, 2.24) is 15.3 Å². The van der Waals surface area contributed by atoms with Crippen molar-refractivity contribution in [2.24, 2.45) is 0 Å². The lowest BCUT2D eigenvalue weighted by atomic mass is 9.92. The SMILES string of the molecule is COc1cncc(OC2CCC(NC(=O)Cc3ccc(F)cc3F)CC2)n1. The number of halogens is 2. The normalized spacial score (nSPS) is 19.4. The highest BCUT2D eigenvalue weighted by Crippen LogP contribution is 2.23. The van der Waals surface area contributed by atoms with E-state index in [-0.39, 0.29) is 30.0 Å². The Morgan fingerprint density at radius 2 is 1.93 bits per heavy atom. The molecule has 3 rings (SSSR count). The van der Waals surface area contributed by atoms with Crippen LogP contribution in [0, 0.1) is 11.6 Å². The van der Waals surface area contributed by atoms with E-state index < -0.39 is 11.6 Å². The first-order valence-corrected chi connectivity index (χ1v) is 8.79. The smallest absolute Gasteiger partial charge is 0.235 e. The molecule has 0 saturated heterocycles. The first-order valence-electron chi connectivity index (χ1n) is 8.79. The highest BCUT2D eigenvalue weighted by Gasteiger charge is 2.24. The van der Waals surface area contributed by atoms with Crippen LogP contribution in [0.25, 0.3) is 0 Å². The summed E-state index contributed by atoms with van der Waals surface area (Å²) in [4.78, 5) is 20.3. The van der Waals surface area contributed by atoms with Gasteiger partial charge in [-0.15, -0.1) is 0 Å². The minimum Gasteiger partial charge on any atom is -0.480 e. The van der Waals surface area contributed by atoms with Crippen molar-refractivity contribution < 1.29 is 23.0 Å². The maximum absolute atomic E-state index is 13.6. The van der Waals surface area contributed by atoms with Crippen molar-refractivity contribution in [1.29, 1.82) is 0 Å². The molecule has 1 heterocycles. The molecule has 1 aliphatic rings. The first-order chi connectivity index (χ1) is 13.0. The molecule has 0 spiro atoms. The molecule has 1 fully saturated rings. The number of hydrogen-bond donors (Lipinski definition) is 1. The van der Waals surface area contributed by atoms with Crippen molar-refractivity contribution in [3.8, 4) is 11.8 Å². The van der Waals surface area contributed by atoms with Gasteiger partial charge in [0.05, 0.1) is 25.9 Å². The van der Waals surface area contributed by atoms with Gasteiger partial charge in [0.25, 0.3) is 0 Å². The first kappa shape index (κ1) is 19.0. The lowest BCUT2D eigenvalue weighted by Crippen LogP contribution is -2.40. The van der Waals surface area contributed by atoms with E-state index >= 15 is 0 Å². The molecule has 6 nitrogen and oxygen atoms in total. The number of benzene rings is 1. The summed E-state index contributed by atoms with van der Waals surface area (Å²) < 4.78 is 37.4. The number of carbonyl (C=O) groups excluding carboxylic acids is 1. The van der Waals surface area contributed by atoms with Gasteiger partial charge >= 0.3 is 0 Å². The van der Waals surface area contributed by atoms with Crippen molar-refractivity contribution >= 4 is 5.91 Å². The van der Waals surface area contributed by atoms with Crippen molar-refractivity contribution in [3.63, 3.8) is 0 Å². The van der Waals surface area contributed by atoms with Crippen LogP contribution in [0.2, 0.25) is 0 Å². The second kappa shape index (κ2) is 8.75. The van der Waals surface area contributed by atoms with Crippen LogP contribution in [0.1, 0.15) is 31.2 Å². The zero-order valence-electron chi connectivity index (χ0n) is 15.0. The van der Waals surface area contributed by atoms with Crippen molar-refractivity contribution in [2.45, 2.75) is 44.2 Å². The summed E-state index contributed by atoms with van der Waals surface area (Å²) in [6.07, 6.45) is 5.94. The van der Waals surface area contributed by atoms with Gasteiger partial charge in [-0.2, -0.15) is 4.98 Å². The zero-order chi connectivity index (χ0) is 19.2. The molecule has 27 heavy (non-hydrogen) atoms. The van der Waals surface area contributed by atoms with Gasteiger partial charge in [-0.05, 0) is 37.3 Å². The van der Waals surface area contributed by atoms with Gasteiger partial charge in [0, 0.05) is 12.1 Å². The molecule has 1 amide bonds. The maximum atomic E-state index is 13.6. The van der Waals surface area contributed by atoms with Gasteiger partial charge in [-0.1, -0.05) is 6.07 Å². The van der Waals surface area contributed by atoms with E-state index in [1.54, 1.807) is 0 Å². The van der Waals surface area contributed by atoms with Gasteiger partial charge in [0.15, 0.2) is 0 Å². The summed E-state index contributed by atoms with van der Waals surface area (Å²) in [6.45, 7) is 0. The van der Waals surface area contributed by atoms with Crippen LogP contribution in [0.3, 0.4) is 0 Å². The van der Waals surface area contributed by atoms with Crippen LogP contribution in [0.5, 0.6) is 11.8 Å². The van der Waals surface area contributed by atoms with E-state index in [1.807, 2.05) is 0 Å². The monoisotopic (exact) mass is 377 g/mol. The Kier molecular flexibility index (Phi) is 6.16. The fourth-order valence-corrected chi connectivity index (χ4v) is 3.10. The predicted molar refractivity (Wildman–Crippen MR) is 93.5 cm³/mol. The average Bonchev–Trinajstić information content (AvgIpc) is 2.66. The quantitative estimate of drug-likeness (QED) is 0.838. The van der Waals surface area contributed by atoms with Crippen molar-refractivity contribution in [2.75, 3.05) is 7.11 Å². The second-order valence-electron chi connectivity index (χ2n) is 6.47. The summed E-state index contributed by atoms with van der Waals surface area (Å²) in [5.41, 5.74) is 0.183. The van der Waals surface area contributed by atoms with Crippen LogP contribution in [0.4, 0.5) is 8.78 Å². The molecule has 144 valence electrons. The van der Waals surface area contributed by atoms with Gasteiger partial charge < -0.3 is 14.8 Å². The Morgan fingerprint density at radius 3 is 2.63 bits per heavy atom. The van der Waals surface area contributed by atoms with E-state index in [4.69, 9.17) is 9.47 Å². The van der Waals surface area contributed by atoms with E-state index in [1.165, 1.54) is 25.6 Å². The molecule has 0 aliphatic heterocycles. The fraction of sp³-hybridized carbons (Fsp3) is 0.421. The van der Waals surface area contributed by atoms with Gasteiger partial charge in [0.2, 0.25) is 17.7 Å². The molecular formula is C19H21F2N3O3. The number of amides is 1. The van der Waals surface area contributed by atoms with Crippen LogP contribution in [0.15, 0.2) is 30.6 Å². The van der Waals surface area contributed by atoms with E-state index in [2.05, 4.69) is 15.3 Å². The Hall–Kier alpha value is -2.77. The Morgan fingerprint density at radius 1 is 1.19 bits per heavy atom. The summed E-state index contributed by atoms with van der Waals surface area (Å²) in [5, 5.41) is 2.91. The van der Waals surface area contributed by atoms with Gasteiger partial charge in [-0.3, -0.25) is 9.78 Å². The molecular weight excluding hydrogens is 356 g/mol. The number of ether oxygens (including phenoxy) is 2. The maximum Gasteiger partial charge on any atom is 0.235 e. The summed E-state index contributed by atoms with van der Waals surface area (Å²) in [7, 11) is 1.51. The molecule has 1 aliphatic carbocycles. The summed E-state index contributed by atoms with van der Waals surface area (Å²) in [6, 6.07) is 3.24. The molecule has 1 N–H and O–H groups in total. The molecule has 1 aromatic carbocycles. The topological polar surface area (TPSA) is 73.3 Å². The number of aromatic nitrogens is 2. The molecule has 2 aromatic rings. The predicted octanol–water partition coefficient (Wildman–Crippen LogP) is 2.81. The lowest BCUT2D eigenvalue weighted by molar-refractivity contribution is -0.121. The standard InChI is InChI=1S/C19H21F2N3O3/c1-26-18-10-22-11-19(24-18)27-15-6-4-14(5-7-15)23-17(25)8-12-2-3-13(20)9-16(12)21/h2-3,9-11,14-15H,4-8H2,1H3,(H,23,25). The summed E-state index contributed by atoms with van der Waals surface area (Å²) >= 11 is 0. The minimum absolute atomic E-state index is 0.00546. The largest absolute Gasteiger partial charge is 0.480 e. The molecule has 0 unspecified atom stereocenters. The number of nitrogens with one attached hydrogen (secondary N) is 1. The van der Waals surface area contributed by atoms with Crippen LogP contribution in [-0.4, -0.2) is 35.1 Å². The minimum atomic E-state index is -0.707. The highest BCUT2D eigenvalue weighted by atomic mass is 19.1. The van der Waals surface area contributed by atoms with Gasteiger partial charge in [0.1, 0.15) is 17.7 Å². The number of nitrogens with zero attached hydrogens (tertiary/aromatic N) is 2. The highest BCUT2D eigenvalue weighted by molar-refractivity contribution is 5.78. The van der Waals surface area contributed by atoms with Crippen LogP contribution >= 0.6 is 0 Å². The Labute approximate surface area is 155 Å². The third-order valence-electron chi connectivity index (χ3n) is 4.49. The zero-order valence-corrected chi connectivity index (χ0v) is 15.0.